The molecule has 1 amide bonds. The number of carbonyl (C=O) groups excluding carboxylic acids is 1. The molecule has 1 atom stereocenters. The zero-order valence-corrected chi connectivity index (χ0v) is 12.0. The summed E-state index contributed by atoms with van der Waals surface area (Å²) in [6, 6.07) is 1.90. The van der Waals surface area contributed by atoms with Crippen LogP contribution < -0.4 is 0 Å². The molecule has 1 aromatic rings. The molecule has 108 valence electrons. The maximum absolute atomic E-state index is 11.9. The minimum absolute atomic E-state index is 0.173. The average molecular weight is 277 g/mol. The Morgan fingerprint density at radius 3 is 2.95 bits per heavy atom. The van der Waals surface area contributed by atoms with Gasteiger partial charge in [0.2, 0.25) is 0 Å². The average Bonchev–Trinajstić information content (AvgIpc) is 2.96. The number of aromatic nitrogens is 3. The molecule has 0 aromatic carbocycles. The highest BCUT2D eigenvalue weighted by Crippen LogP contribution is 2.20. The van der Waals surface area contributed by atoms with E-state index in [9.17, 15) is 4.79 Å². The van der Waals surface area contributed by atoms with E-state index in [-0.39, 0.29) is 11.9 Å². The lowest BCUT2D eigenvalue weighted by molar-refractivity contribution is 0.0287. The number of nitriles is 1. The Balaban J connectivity index is 1.86. The first-order valence-electron chi connectivity index (χ1n) is 6.65. The maximum atomic E-state index is 11.9. The molecule has 1 unspecified atom stereocenters. The molecule has 1 fully saturated rings. The van der Waals surface area contributed by atoms with E-state index in [0.717, 1.165) is 6.42 Å². The molecule has 7 nitrogen and oxygen atoms in total. The van der Waals surface area contributed by atoms with Gasteiger partial charge in [-0.25, -0.2) is 9.78 Å². The highest BCUT2D eigenvalue weighted by molar-refractivity contribution is 5.68. The van der Waals surface area contributed by atoms with Crippen molar-refractivity contribution in [3.8, 4) is 6.07 Å². The quantitative estimate of drug-likeness (QED) is 0.816. The van der Waals surface area contributed by atoms with Crippen LogP contribution in [0.25, 0.3) is 0 Å². The molecule has 1 aliphatic rings. The van der Waals surface area contributed by atoms with Crippen molar-refractivity contribution in [3.63, 3.8) is 0 Å². The normalized spacial score (nSPS) is 18.9. The fourth-order valence-corrected chi connectivity index (χ4v) is 2.17. The van der Waals surface area contributed by atoms with Gasteiger partial charge in [0, 0.05) is 19.6 Å². The smallest absolute Gasteiger partial charge is 0.410 e. The molecule has 2 rings (SSSR count). The third-order valence-electron chi connectivity index (χ3n) is 3.02. The predicted octanol–water partition coefficient (Wildman–Crippen LogP) is 1.41. The second kappa shape index (κ2) is 5.49. The van der Waals surface area contributed by atoms with E-state index in [2.05, 4.69) is 10.1 Å². The van der Waals surface area contributed by atoms with E-state index in [1.54, 1.807) is 15.9 Å². The monoisotopic (exact) mass is 277 g/mol. The van der Waals surface area contributed by atoms with Crippen LogP contribution in [0, 0.1) is 17.2 Å². The van der Waals surface area contributed by atoms with Crippen LogP contribution in [0.2, 0.25) is 0 Å². The van der Waals surface area contributed by atoms with E-state index >= 15 is 0 Å². The Bertz CT molecular complexity index is 526. The number of ether oxygens (including phenoxy) is 1. The maximum Gasteiger partial charge on any atom is 0.410 e. The zero-order chi connectivity index (χ0) is 14.8. The van der Waals surface area contributed by atoms with Gasteiger partial charge in [0.25, 0.3) is 5.82 Å². The number of amides is 1. The lowest BCUT2D eigenvalue weighted by Gasteiger charge is -2.24. The fraction of sp³-hybridized carbons (Fsp3) is 0.692. The van der Waals surface area contributed by atoms with Crippen LogP contribution in [0.3, 0.4) is 0 Å². The number of nitrogens with zero attached hydrogens (tertiary/aromatic N) is 5. The number of carbonyl (C=O) groups is 1. The second-order valence-corrected chi connectivity index (χ2v) is 5.98. The first-order chi connectivity index (χ1) is 9.37. The van der Waals surface area contributed by atoms with Gasteiger partial charge in [0.05, 0.1) is 0 Å². The van der Waals surface area contributed by atoms with Gasteiger partial charge in [-0.3, -0.25) is 4.68 Å². The van der Waals surface area contributed by atoms with Gasteiger partial charge in [-0.05, 0) is 33.1 Å². The lowest BCUT2D eigenvalue weighted by Crippen LogP contribution is -2.35. The van der Waals surface area contributed by atoms with E-state index < -0.39 is 5.60 Å². The summed E-state index contributed by atoms with van der Waals surface area (Å²) < 4.78 is 7.01. The van der Waals surface area contributed by atoms with Gasteiger partial charge in [-0.2, -0.15) is 5.26 Å². The number of rotatable bonds is 2. The summed E-state index contributed by atoms with van der Waals surface area (Å²) >= 11 is 0. The van der Waals surface area contributed by atoms with Crippen LogP contribution in [-0.4, -0.2) is 44.4 Å². The van der Waals surface area contributed by atoms with Gasteiger partial charge < -0.3 is 9.64 Å². The van der Waals surface area contributed by atoms with E-state index in [1.807, 2.05) is 26.8 Å². The Labute approximate surface area is 118 Å². The van der Waals surface area contributed by atoms with Crippen LogP contribution >= 0.6 is 0 Å². The predicted molar refractivity (Wildman–Crippen MR) is 70.7 cm³/mol. The Hall–Kier alpha value is -2.10. The summed E-state index contributed by atoms with van der Waals surface area (Å²) in [5.74, 6) is 0.489. The molecule has 1 saturated heterocycles. The van der Waals surface area contributed by atoms with Crippen molar-refractivity contribution >= 4 is 6.09 Å². The summed E-state index contributed by atoms with van der Waals surface area (Å²) in [5.41, 5.74) is -0.469. The Kier molecular flexibility index (Phi) is 3.93. The molecule has 1 aliphatic heterocycles. The molecule has 0 radical (unpaired) electrons. The summed E-state index contributed by atoms with van der Waals surface area (Å²) in [5, 5.41) is 12.7. The molecule has 0 saturated carbocycles. The van der Waals surface area contributed by atoms with Crippen LogP contribution in [-0.2, 0) is 11.3 Å². The van der Waals surface area contributed by atoms with Gasteiger partial charge in [0.15, 0.2) is 0 Å². The highest BCUT2D eigenvalue weighted by Gasteiger charge is 2.30. The highest BCUT2D eigenvalue weighted by atomic mass is 16.6. The van der Waals surface area contributed by atoms with Crippen LogP contribution in [0.1, 0.15) is 33.0 Å². The van der Waals surface area contributed by atoms with Crippen molar-refractivity contribution < 1.29 is 9.53 Å². The van der Waals surface area contributed by atoms with Gasteiger partial charge in [0.1, 0.15) is 18.0 Å². The van der Waals surface area contributed by atoms with E-state index in [1.165, 1.54) is 0 Å². The molecular weight excluding hydrogens is 258 g/mol. The number of hydrogen-bond acceptors (Lipinski definition) is 5. The third kappa shape index (κ3) is 3.70. The van der Waals surface area contributed by atoms with Gasteiger partial charge in [-0.1, -0.05) is 0 Å². The summed E-state index contributed by atoms with van der Waals surface area (Å²) in [7, 11) is 0. The minimum Gasteiger partial charge on any atom is -0.444 e. The summed E-state index contributed by atoms with van der Waals surface area (Å²) in [6.07, 6.45) is 2.19. The summed E-state index contributed by atoms with van der Waals surface area (Å²) in [4.78, 5) is 17.5. The molecule has 1 aromatic heterocycles. The molecule has 20 heavy (non-hydrogen) atoms. The van der Waals surface area contributed by atoms with Gasteiger partial charge >= 0.3 is 6.09 Å². The first kappa shape index (κ1) is 14.3. The van der Waals surface area contributed by atoms with E-state index in [0.29, 0.717) is 25.6 Å². The Morgan fingerprint density at radius 1 is 1.60 bits per heavy atom. The topological polar surface area (TPSA) is 84.0 Å². The second-order valence-electron chi connectivity index (χ2n) is 5.98. The molecule has 2 heterocycles. The van der Waals surface area contributed by atoms with Crippen molar-refractivity contribution in [2.24, 2.45) is 5.92 Å². The largest absolute Gasteiger partial charge is 0.444 e. The lowest BCUT2D eigenvalue weighted by atomic mass is 10.1. The van der Waals surface area contributed by atoms with Gasteiger partial charge in [-0.15, -0.1) is 5.10 Å². The standard InChI is InChI=1S/C13H19N5O2/c1-13(2,3)20-12(19)17-5-4-10(7-17)8-18-9-15-11(6-14)16-18/h9-10H,4-5,7-8H2,1-3H3. The molecular formula is C13H19N5O2. The van der Waals surface area contributed by atoms with E-state index in [4.69, 9.17) is 10.00 Å². The fourth-order valence-electron chi connectivity index (χ4n) is 2.17. The van der Waals surface area contributed by atoms with Crippen molar-refractivity contribution in [3.05, 3.63) is 12.2 Å². The Morgan fingerprint density at radius 2 is 2.35 bits per heavy atom. The van der Waals surface area contributed by atoms with Crippen molar-refractivity contribution in [1.29, 1.82) is 5.26 Å². The van der Waals surface area contributed by atoms with Crippen molar-refractivity contribution in [1.82, 2.24) is 19.7 Å². The zero-order valence-electron chi connectivity index (χ0n) is 12.0. The first-order valence-corrected chi connectivity index (χ1v) is 6.65. The van der Waals surface area contributed by atoms with Crippen LogP contribution in [0.5, 0.6) is 0 Å². The van der Waals surface area contributed by atoms with Crippen LogP contribution in [0.15, 0.2) is 6.33 Å². The molecule has 7 heteroatoms. The molecule has 0 aliphatic carbocycles. The number of likely N-dealkylation sites (tertiary alicyclic amines) is 1. The minimum atomic E-state index is -0.469. The molecule has 0 bridgehead atoms. The molecule has 0 spiro atoms. The molecule has 0 N–H and O–H groups in total. The SMILES string of the molecule is CC(C)(C)OC(=O)N1CCC(Cn2cnc(C#N)n2)C1. The van der Waals surface area contributed by atoms with Crippen LogP contribution in [0.4, 0.5) is 4.79 Å². The third-order valence-corrected chi connectivity index (χ3v) is 3.02. The van der Waals surface area contributed by atoms with Crippen molar-refractivity contribution in [2.75, 3.05) is 13.1 Å². The number of hydrogen-bond donors (Lipinski definition) is 0. The summed E-state index contributed by atoms with van der Waals surface area (Å²) in [6.45, 7) is 7.58. The van der Waals surface area contributed by atoms with Crippen molar-refractivity contribution in [2.45, 2.75) is 39.3 Å².